The van der Waals surface area contributed by atoms with Gasteiger partial charge in [-0.2, -0.15) is 15.0 Å². The predicted molar refractivity (Wildman–Crippen MR) is 79.4 cm³/mol. The largest absolute Gasteiger partial charge is 0.463 e. The molecule has 7 heteroatoms. The Labute approximate surface area is 124 Å². The van der Waals surface area contributed by atoms with Crippen molar-refractivity contribution in [1.29, 1.82) is 0 Å². The average Bonchev–Trinajstić information content (AvgIpc) is 2.44. The van der Waals surface area contributed by atoms with Gasteiger partial charge in [-0.25, -0.2) is 0 Å². The Balaban J connectivity index is 1.99. The highest BCUT2D eigenvalue weighted by atomic mass is 35.5. The summed E-state index contributed by atoms with van der Waals surface area (Å²) in [7, 11) is 0. The average molecular weight is 300 g/mol. The number of nitrogens with zero attached hydrogens (tertiary/aromatic N) is 4. The highest BCUT2D eigenvalue weighted by Crippen LogP contribution is 2.16. The molecule has 1 aliphatic rings. The molecule has 0 bridgehead atoms. The van der Waals surface area contributed by atoms with Crippen LogP contribution in [0.15, 0.2) is 0 Å². The molecule has 0 amide bonds. The van der Waals surface area contributed by atoms with Crippen LogP contribution in [0.4, 0.5) is 5.95 Å². The van der Waals surface area contributed by atoms with Gasteiger partial charge < -0.3 is 15.0 Å². The Kier molecular flexibility index (Phi) is 5.79. The summed E-state index contributed by atoms with van der Waals surface area (Å²) in [6.07, 6.45) is 3.20. The second kappa shape index (κ2) is 7.59. The molecular formula is C13H22ClN5O. The van der Waals surface area contributed by atoms with E-state index >= 15 is 0 Å². The lowest BCUT2D eigenvalue weighted by atomic mass is 10.1. The monoisotopic (exact) mass is 299 g/mol. The SMILES string of the molecule is CCCOc1nc(Cl)nc(NC2CCCN(CC)C2)n1. The van der Waals surface area contributed by atoms with Crippen LogP contribution in [0.1, 0.15) is 33.1 Å². The minimum Gasteiger partial charge on any atom is -0.463 e. The first-order chi connectivity index (χ1) is 9.71. The zero-order valence-corrected chi connectivity index (χ0v) is 12.9. The molecule has 1 N–H and O–H groups in total. The Morgan fingerprint density at radius 2 is 2.20 bits per heavy atom. The van der Waals surface area contributed by atoms with E-state index in [1.807, 2.05) is 6.92 Å². The van der Waals surface area contributed by atoms with Gasteiger partial charge in [0, 0.05) is 12.6 Å². The normalized spacial score (nSPS) is 19.9. The second-order valence-corrected chi connectivity index (χ2v) is 5.27. The van der Waals surface area contributed by atoms with Crippen molar-refractivity contribution in [2.24, 2.45) is 0 Å². The van der Waals surface area contributed by atoms with Gasteiger partial charge in [-0.05, 0) is 44.0 Å². The topological polar surface area (TPSA) is 63.2 Å². The van der Waals surface area contributed by atoms with Crippen LogP contribution >= 0.6 is 11.6 Å². The quantitative estimate of drug-likeness (QED) is 0.869. The number of hydrogen-bond donors (Lipinski definition) is 1. The fourth-order valence-electron chi connectivity index (χ4n) is 2.30. The third-order valence-corrected chi connectivity index (χ3v) is 3.48. The summed E-state index contributed by atoms with van der Waals surface area (Å²) >= 11 is 5.91. The van der Waals surface area contributed by atoms with E-state index in [9.17, 15) is 0 Å². The minimum absolute atomic E-state index is 0.164. The van der Waals surface area contributed by atoms with Gasteiger partial charge in [0.1, 0.15) is 0 Å². The Hall–Kier alpha value is -1.14. The summed E-state index contributed by atoms with van der Waals surface area (Å²) < 4.78 is 5.41. The van der Waals surface area contributed by atoms with Crippen LogP contribution in [0.25, 0.3) is 0 Å². The number of anilines is 1. The zero-order valence-electron chi connectivity index (χ0n) is 12.1. The third-order valence-electron chi connectivity index (χ3n) is 3.31. The minimum atomic E-state index is 0.164. The van der Waals surface area contributed by atoms with Crippen molar-refractivity contribution in [3.63, 3.8) is 0 Å². The first-order valence-corrected chi connectivity index (χ1v) is 7.62. The van der Waals surface area contributed by atoms with Crippen molar-refractivity contribution in [2.75, 3.05) is 31.6 Å². The van der Waals surface area contributed by atoms with Crippen LogP contribution in [0.2, 0.25) is 5.28 Å². The molecule has 2 rings (SSSR count). The highest BCUT2D eigenvalue weighted by molar-refractivity contribution is 6.28. The second-order valence-electron chi connectivity index (χ2n) is 4.94. The van der Waals surface area contributed by atoms with Crippen molar-refractivity contribution in [1.82, 2.24) is 19.9 Å². The van der Waals surface area contributed by atoms with Crippen molar-refractivity contribution in [3.05, 3.63) is 5.28 Å². The fraction of sp³-hybridized carbons (Fsp3) is 0.769. The number of piperidine rings is 1. The number of halogens is 1. The number of ether oxygens (including phenoxy) is 1. The van der Waals surface area contributed by atoms with Crippen LogP contribution < -0.4 is 10.1 Å². The van der Waals surface area contributed by atoms with Crippen molar-refractivity contribution in [3.8, 4) is 6.01 Å². The number of rotatable bonds is 6. The molecule has 1 atom stereocenters. The smallest absolute Gasteiger partial charge is 0.322 e. The van der Waals surface area contributed by atoms with Gasteiger partial charge in [0.2, 0.25) is 11.2 Å². The van der Waals surface area contributed by atoms with Gasteiger partial charge >= 0.3 is 6.01 Å². The Bertz CT molecular complexity index is 431. The van der Waals surface area contributed by atoms with Crippen molar-refractivity contribution >= 4 is 17.5 Å². The first kappa shape index (κ1) is 15.3. The Morgan fingerprint density at radius 3 is 2.95 bits per heavy atom. The lowest BCUT2D eigenvalue weighted by molar-refractivity contribution is 0.226. The number of nitrogens with one attached hydrogen (secondary N) is 1. The molecule has 0 aliphatic carbocycles. The summed E-state index contributed by atoms with van der Waals surface area (Å²) in [5.74, 6) is 0.499. The summed E-state index contributed by atoms with van der Waals surface area (Å²) in [6, 6.07) is 0.638. The van der Waals surface area contributed by atoms with Crippen LogP contribution in [-0.2, 0) is 0 Å². The molecule has 1 unspecified atom stereocenters. The summed E-state index contributed by atoms with van der Waals surface area (Å²) in [4.78, 5) is 14.8. The van der Waals surface area contributed by atoms with Gasteiger partial charge in [-0.3, -0.25) is 0 Å². The third kappa shape index (κ3) is 4.45. The molecule has 6 nitrogen and oxygen atoms in total. The van der Waals surface area contributed by atoms with Gasteiger partial charge in [0.25, 0.3) is 0 Å². The van der Waals surface area contributed by atoms with E-state index in [0.29, 0.717) is 18.6 Å². The van der Waals surface area contributed by atoms with E-state index in [0.717, 1.165) is 32.5 Å². The van der Waals surface area contributed by atoms with E-state index in [2.05, 4.69) is 32.1 Å². The maximum absolute atomic E-state index is 5.91. The number of likely N-dealkylation sites (tertiary alicyclic amines) is 1. The number of likely N-dealkylation sites (N-methyl/N-ethyl adjacent to an activating group) is 1. The fourth-order valence-corrected chi connectivity index (χ4v) is 2.45. The van der Waals surface area contributed by atoms with Crippen molar-refractivity contribution in [2.45, 2.75) is 39.2 Å². The molecule has 1 aromatic rings. The molecule has 2 heterocycles. The van der Waals surface area contributed by atoms with Crippen LogP contribution in [0.3, 0.4) is 0 Å². The van der Waals surface area contributed by atoms with E-state index in [4.69, 9.17) is 16.3 Å². The van der Waals surface area contributed by atoms with Gasteiger partial charge in [-0.1, -0.05) is 13.8 Å². The maximum Gasteiger partial charge on any atom is 0.322 e. The molecule has 0 spiro atoms. The molecular weight excluding hydrogens is 278 g/mol. The van der Waals surface area contributed by atoms with Crippen LogP contribution in [-0.4, -0.2) is 52.1 Å². The number of hydrogen-bond acceptors (Lipinski definition) is 6. The predicted octanol–water partition coefficient (Wildman–Crippen LogP) is 2.21. The maximum atomic E-state index is 5.91. The Morgan fingerprint density at radius 1 is 1.35 bits per heavy atom. The zero-order chi connectivity index (χ0) is 14.4. The lowest BCUT2D eigenvalue weighted by Gasteiger charge is -2.32. The van der Waals surface area contributed by atoms with Gasteiger partial charge in [0.05, 0.1) is 6.61 Å². The highest BCUT2D eigenvalue weighted by Gasteiger charge is 2.19. The van der Waals surface area contributed by atoms with Gasteiger partial charge in [-0.15, -0.1) is 0 Å². The van der Waals surface area contributed by atoms with Crippen LogP contribution in [0, 0.1) is 0 Å². The first-order valence-electron chi connectivity index (χ1n) is 7.24. The van der Waals surface area contributed by atoms with E-state index in [1.165, 1.54) is 6.42 Å². The van der Waals surface area contributed by atoms with E-state index in [-0.39, 0.29) is 11.3 Å². The summed E-state index contributed by atoms with van der Waals surface area (Å²) in [5, 5.41) is 3.50. The number of aromatic nitrogens is 3. The molecule has 20 heavy (non-hydrogen) atoms. The van der Waals surface area contributed by atoms with E-state index in [1.54, 1.807) is 0 Å². The van der Waals surface area contributed by atoms with E-state index < -0.39 is 0 Å². The molecule has 1 fully saturated rings. The molecule has 0 aromatic carbocycles. The van der Waals surface area contributed by atoms with Crippen molar-refractivity contribution < 1.29 is 4.74 Å². The van der Waals surface area contributed by atoms with Crippen LogP contribution in [0.5, 0.6) is 6.01 Å². The molecule has 0 radical (unpaired) electrons. The molecule has 1 aliphatic heterocycles. The van der Waals surface area contributed by atoms with Gasteiger partial charge in [0.15, 0.2) is 0 Å². The standard InChI is InChI=1S/C13H22ClN5O/c1-3-8-20-13-17-11(14)16-12(18-13)15-10-6-5-7-19(4-2)9-10/h10H,3-9H2,1-2H3,(H,15,16,17,18). The molecule has 0 saturated carbocycles. The summed E-state index contributed by atoms with van der Waals surface area (Å²) in [6.45, 7) is 8.03. The summed E-state index contributed by atoms with van der Waals surface area (Å²) in [5.41, 5.74) is 0. The molecule has 1 aromatic heterocycles. The lowest BCUT2D eigenvalue weighted by Crippen LogP contribution is -2.42. The molecule has 1 saturated heterocycles. The molecule has 112 valence electrons.